The van der Waals surface area contributed by atoms with E-state index in [1.165, 1.54) is 0 Å². The highest BCUT2D eigenvalue weighted by Crippen LogP contribution is 2.17. The molecule has 2 N–H and O–H groups in total. The van der Waals surface area contributed by atoms with E-state index in [9.17, 15) is 0 Å². The van der Waals surface area contributed by atoms with Crippen molar-refractivity contribution >= 4 is 29.0 Å². The van der Waals surface area contributed by atoms with Crippen LogP contribution >= 0.6 is 24.0 Å². The van der Waals surface area contributed by atoms with Gasteiger partial charge in [-0.05, 0) is 32.4 Å². The normalized spacial score (nSPS) is 12.4. The Morgan fingerprint density at radius 1 is 1.47 bits per heavy atom. The molecule has 0 saturated carbocycles. The first-order valence-corrected chi connectivity index (χ1v) is 8.07. The third kappa shape index (κ3) is 5.38. The van der Waals surface area contributed by atoms with Crippen LogP contribution < -0.4 is 10.5 Å². The number of hydrogen-bond acceptors (Lipinski definition) is 4. The van der Waals surface area contributed by atoms with Gasteiger partial charge in [0.25, 0.3) is 0 Å². The van der Waals surface area contributed by atoms with Crippen LogP contribution in [0.15, 0.2) is 24.3 Å². The van der Waals surface area contributed by atoms with Gasteiger partial charge in [0, 0.05) is 18.3 Å². The molecule has 3 nitrogen and oxygen atoms in total. The molecular formula is C14H22N2OS2. The summed E-state index contributed by atoms with van der Waals surface area (Å²) in [6.45, 7) is 3.74. The molecule has 0 aliphatic carbocycles. The lowest BCUT2D eigenvalue weighted by molar-refractivity contribution is 0.210. The minimum Gasteiger partial charge on any atom is -0.492 e. The summed E-state index contributed by atoms with van der Waals surface area (Å²) in [5, 5.41) is 0. The van der Waals surface area contributed by atoms with Gasteiger partial charge >= 0.3 is 0 Å². The fourth-order valence-corrected chi connectivity index (χ4v) is 2.59. The number of likely N-dealkylation sites (N-methyl/N-ethyl adjacent to an activating group) is 1. The number of benzene rings is 1. The minimum absolute atomic E-state index is 0.375. The summed E-state index contributed by atoms with van der Waals surface area (Å²) in [6, 6.07) is 8.17. The molecule has 0 radical (unpaired) electrons. The number of para-hydroxylation sites is 1. The summed E-state index contributed by atoms with van der Waals surface area (Å²) in [5.74, 6) is 1.89. The molecule has 1 unspecified atom stereocenters. The Bertz CT molecular complexity index is 412. The molecule has 0 aliphatic heterocycles. The summed E-state index contributed by atoms with van der Waals surface area (Å²) >= 11 is 6.87. The fraction of sp³-hybridized carbons (Fsp3) is 0.500. The molecule has 0 saturated heterocycles. The zero-order chi connectivity index (χ0) is 14.3. The first-order valence-electron chi connectivity index (χ1n) is 6.27. The van der Waals surface area contributed by atoms with Gasteiger partial charge in [-0.2, -0.15) is 11.8 Å². The number of hydrogen-bond donors (Lipinski definition) is 1. The average Bonchev–Trinajstić information content (AvgIpc) is 2.39. The molecule has 106 valence electrons. The van der Waals surface area contributed by atoms with E-state index in [2.05, 4.69) is 25.1 Å². The molecule has 5 heteroatoms. The van der Waals surface area contributed by atoms with E-state index in [1.54, 1.807) is 0 Å². The maximum Gasteiger partial charge on any atom is 0.129 e. The van der Waals surface area contributed by atoms with Gasteiger partial charge in [-0.25, -0.2) is 0 Å². The minimum atomic E-state index is 0.375. The Labute approximate surface area is 125 Å². The number of thiocarbonyl (C=S) groups is 1. The third-order valence-electron chi connectivity index (χ3n) is 3.01. The van der Waals surface area contributed by atoms with Gasteiger partial charge in [0.2, 0.25) is 0 Å². The highest BCUT2D eigenvalue weighted by molar-refractivity contribution is 7.98. The molecule has 0 aliphatic rings. The summed E-state index contributed by atoms with van der Waals surface area (Å²) < 4.78 is 5.78. The second-order valence-electron chi connectivity index (χ2n) is 4.49. The van der Waals surface area contributed by atoms with Gasteiger partial charge in [-0.1, -0.05) is 24.4 Å². The smallest absolute Gasteiger partial charge is 0.129 e. The van der Waals surface area contributed by atoms with Crippen LogP contribution in [0.3, 0.4) is 0 Å². The van der Waals surface area contributed by atoms with Crippen molar-refractivity contribution in [2.24, 2.45) is 5.73 Å². The van der Waals surface area contributed by atoms with Gasteiger partial charge in [0.1, 0.15) is 17.3 Å². The molecule has 0 spiro atoms. The van der Waals surface area contributed by atoms with Crippen LogP contribution in [0.25, 0.3) is 0 Å². The Balaban J connectivity index is 2.47. The lowest BCUT2D eigenvalue weighted by Crippen LogP contribution is -2.34. The highest BCUT2D eigenvalue weighted by atomic mass is 32.2. The molecule has 0 heterocycles. The summed E-state index contributed by atoms with van der Waals surface area (Å²) in [5.41, 5.74) is 6.48. The molecular weight excluding hydrogens is 276 g/mol. The first-order chi connectivity index (χ1) is 9.06. The van der Waals surface area contributed by atoms with Crippen molar-refractivity contribution in [3.8, 4) is 5.75 Å². The summed E-state index contributed by atoms with van der Waals surface area (Å²) in [4.78, 5) is 2.67. The van der Waals surface area contributed by atoms with Crippen molar-refractivity contribution in [1.29, 1.82) is 0 Å². The van der Waals surface area contributed by atoms with E-state index in [0.717, 1.165) is 23.6 Å². The topological polar surface area (TPSA) is 38.5 Å². The maximum atomic E-state index is 5.78. The Morgan fingerprint density at radius 2 is 2.16 bits per heavy atom. The van der Waals surface area contributed by atoms with Crippen LogP contribution in [0.2, 0.25) is 0 Å². The van der Waals surface area contributed by atoms with E-state index in [4.69, 9.17) is 22.7 Å². The second-order valence-corrected chi connectivity index (χ2v) is 5.84. The van der Waals surface area contributed by atoms with Crippen LogP contribution in [0, 0.1) is 0 Å². The van der Waals surface area contributed by atoms with Crippen LogP contribution in [0.4, 0.5) is 0 Å². The fourth-order valence-electron chi connectivity index (χ4n) is 1.68. The van der Waals surface area contributed by atoms with Gasteiger partial charge < -0.3 is 10.5 Å². The first kappa shape index (κ1) is 16.3. The Hall–Kier alpha value is -0.780. The van der Waals surface area contributed by atoms with Crippen molar-refractivity contribution in [3.05, 3.63) is 29.8 Å². The van der Waals surface area contributed by atoms with E-state index >= 15 is 0 Å². The monoisotopic (exact) mass is 298 g/mol. The van der Waals surface area contributed by atoms with Crippen LogP contribution in [-0.4, -0.2) is 48.1 Å². The zero-order valence-electron chi connectivity index (χ0n) is 11.8. The Kier molecular flexibility index (Phi) is 7.20. The number of thioether (sulfide) groups is 1. The van der Waals surface area contributed by atoms with Gasteiger partial charge in [0.05, 0.1) is 5.56 Å². The van der Waals surface area contributed by atoms with Crippen molar-refractivity contribution in [2.75, 3.05) is 32.2 Å². The quantitative estimate of drug-likeness (QED) is 0.746. The van der Waals surface area contributed by atoms with Crippen molar-refractivity contribution in [2.45, 2.75) is 13.0 Å². The molecule has 0 amide bonds. The van der Waals surface area contributed by atoms with Crippen LogP contribution in [0.5, 0.6) is 5.75 Å². The van der Waals surface area contributed by atoms with Crippen molar-refractivity contribution in [1.82, 2.24) is 4.90 Å². The Morgan fingerprint density at radius 3 is 2.79 bits per heavy atom. The SMILES string of the molecule is CSCC(C)N(C)CCOc1ccccc1C(N)=S. The zero-order valence-corrected chi connectivity index (χ0v) is 13.4. The van der Waals surface area contributed by atoms with Crippen molar-refractivity contribution < 1.29 is 4.74 Å². The van der Waals surface area contributed by atoms with E-state index in [1.807, 2.05) is 36.0 Å². The standard InChI is InChI=1S/C14H22N2OS2/c1-11(10-19-3)16(2)8-9-17-13-7-5-4-6-12(13)14(15)18/h4-7,11H,8-10H2,1-3H3,(H2,15,18). The predicted octanol–water partition coefficient (Wildman–Crippen LogP) is 2.38. The van der Waals surface area contributed by atoms with Crippen molar-refractivity contribution in [3.63, 3.8) is 0 Å². The number of nitrogens with two attached hydrogens (primary N) is 1. The van der Waals surface area contributed by atoms with E-state index in [-0.39, 0.29) is 0 Å². The molecule has 1 aromatic carbocycles. The van der Waals surface area contributed by atoms with Gasteiger partial charge in [-0.3, -0.25) is 4.90 Å². The molecule has 19 heavy (non-hydrogen) atoms. The van der Waals surface area contributed by atoms with Crippen LogP contribution in [-0.2, 0) is 0 Å². The summed E-state index contributed by atoms with van der Waals surface area (Å²) in [6.07, 6.45) is 2.12. The van der Waals surface area contributed by atoms with Gasteiger partial charge in [-0.15, -0.1) is 0 Å². The molecule has 0 fully saturated rings. The van der Waals surface area contributed by atoms with Gasteiger partial charge in [0.15, 0.2) is 0 Å². The maximum absolute atomic E-state index is 5.78. The average molecular weight is 298 g/mol. The summed E-state index contributed by atoms with van der Waals surface area (Å²) in [7, 11) is 2.11. The number of ether oxygens (including phenoxy) is 1. The molecule has 1 rings (SSSR count). The third-order valence-corrected chi connectivity index (χ3v) is 4.05. The number of rotatable bonds is 8. The predicted molar refractivity (Wildman–Crippen MR) is 88.3 cm³/mol. The molecule has 0 aromatic heterocycles. The molecule has 1 atom stereocenters. The lowest BCUT2D eigenvalue weighted by atomic mass is 10.2. The van der Waals surface area contributed by atoms with E-state index < -0.39 is 0 Å². The number of nitrogens with zero attached hydrogens (tertiary/aromatic N) is 1. The van der Waals surface area contributed by atoms with E-state index in [0.29, 0.717) is 17.6 Å². The highest BCUT2D eigenvalue weighted by Gasteiger charge is 2.09. The molecule has 0 bridgehead atoms. The van der Waals surface area contributed by atoms with Crippen LogP contribution in [0.1, 0.15) is 12.5 Å². The second kappa shape index (κ2) is 8.40. The largest absolute Gasteiger partial charge is 0.492 e. The molecule has 1 aromatic rings. The lowest BCUT2D eigenvalue weighted by Gasteiger charge is -2.24.